The summed E-state index contributed by atoms with van der Waals surface area (Å²) in [6.07, 6.45) is -3.45. The van der Waals surface area contributed by atoms with Crippen LogP contribution in [0.25, 0.3) is 5.52 Å². The summed E-state index contributed by atoms with van der Waals surface area (Å²) in [6, 6.07) is 13.7. The lowest BCUT2D eigenvalue weighted by atomic mass is 9.77. The maximum Gasteiger partial charge on any atom is 0.492 e. The van der Waals surface area contributed by atoms with Crippen molar-refractivity contribution in [1.29, 1.82) is 0 Å². The number of halogens is 6. The number of aromatic nitrogens is 1. The summed E-state index contributed by atoms with van der Waals surface area (Å²) in [7, 11) is -0.996. The number of Topliss-reactive ketones (excluding diaryl/α,β-unsaturated/α-hetero) is 1. The molecule has 1 N–H and O–H groups in total. The van der Waals surface area contributed by atoms with Crippen LogP contribution in [0.3, 0.4) is 0 Å². The molecule has 0 aliphatic carbocycles. The fourth-order valence-corrected chi connectivity index (χ4v) is 6.22. The van der Waals surface area contributed by atoms with Gasteiger partial charge in [-0.05, 0) is 73.3 Å². The first-order valence-corrected chi connectivity index (χ1v) is 14.1. The van der Waals surface area contributed by atoms with E-state index in [2.05, 4.69) is 5.16 Å². The molecule has 4 heterocycles. The molecule has 4 aromatic rings. The maximum atomic E-state index is 14.5. The molecule has 2 aliphatic rings. The molecule has 222 valence electrons. The molecule has 2 aromatic heterocycles. The number of hydrogen-bond acceptors (Lipinski definition) is 5. The zero-order valence-electron chi connectivity index (χ0n) is 22.8. The van der Waals surface area contributed by atoms with E-state index in [-0.39, 0.29) is 17.9 Å². The molecule has 1 atom stereocenters. The smallest absolute Gasteiger partial charge is 0.423 e. The van der Waals surface area contributed by atoms with E-state index in [9.17, 15) is 27.4 Å². The van der Waals surface area contributed by atoms with E-state index >= 15 is 0 Å². The molecule has 2 aromatic carbocycles. The number of aryl methyl sites for hydroxylation is 1. The van der Waals surface area contributed by atoms with Gasteiger partial charge < -0.3 is 18.9 Å². The fourth-order valence-electron chi connectivity index (χ4n) is 5.73. The second-order valence-electron chi connectivity index (χ2n) is 11.1. The van der Waals surface area contributed by atoms with Crippen LogP contribution in [0.5, 0.6) is 0 Å². The van der Waals surface area contributed by atoms with Gasteiger partial charge in [0.1, 0.15) is 5.71 Å². The quantitative estimate of drug-likeness (QED) is 0.111. The number of carbonyl (C=O) groups is 1. The molecule has 0 saturated heterocycles. The number of oxime groups is 1. The SMILES string of the molecule is CC1(C)OB(O)c2ccc(CCC(=O)c3ccc(C4=NOC(c5cc(Cl)c(F)c(Cl)c5)(C(F)(F)F)C4)n4cccc34)cc21. The third kappa shape index (κ3) is 4.92. The molecule has 0 amide bonds. The highest BCUT2D eigenvalue weighted by molar-refractivity contribution is 6.61. The van der Waals surface area contributed by atoms with Crippen LogP contribution >= 0.6 is 23.2 Å². The Hall–Kier alpha value is -3.38. The average molecular weight is 633 g/mol. The van der Waals surface area contributed by atoms with E-state index in [0.29, 0.717) is 28.7 Å². The van der Waals surface area contributed by atoms with Crippen LogP contribution in [0.15, 0.2) is 65.9 Å². The second kappa shape index (κ2) is 10.4. The molecule has 13 heteroatoms. The van der Waals surface area contributed by atoms with Gasteiger partial charge >= 0.3 is 13.3 Å². The fraction of sp³-hybridized carbons (Fsp3) is 0.267. The van der Waals surface area contributed by atoms with Crippen molar-refractivity contribution in [2.45, 2.75) is 50.5 Å². The highest BCUT2D eigenvalue weighted by Crippen LogP contribution is 2.50. The lowest BCUT2D eigenvalue weighted by Gasteiger charge is -2.29. The van der Waals surface area contributed by atoms with Crippen LogP contribution in [0.4, 0.5) is 17.6 Å². The third-order valence-electron chi connectivity index (χ3n) is 8.00. The molecule has 6 nitrogen and oxygen atoms in total. The molecule has 0 spiro atoms. The highest BCUT2D eigenvalue weighted by atomic mass is 35.5. The number of rotatable bonds is 6. The molecule has 2 aliphatic heterocycles. The van der Waals surface area contributed by atoms with E-state index in [1.54, 1.807) is 34.9 Å². The minimum atomic E-state index is -4.95. The Balaban J connectivity index is 1.26. The van der Waals surface area contributed by atoms with Crippen LogP contribution in [-0.2, 0) is 27.1 Å². The normalized spacial score (nSPS) is 19.5. The number of pyridine rings is 1. The summed E-state index contributed by atoms with van der Waals surface area (Å²) in [5.41, 5.74) is -0.462. The molecule has 43 heavy (non-hydrogen) atoms. The predicted octanol–water partition coefficient (Wildman–Crippen LogP) is 6.74. The zero-order valence-corrected chi connectivity index (χ0v) is 24.3. The summed E-state index contributed by atoms with van der Waals surface area (Å²) in [5, 5.41) is 12.8. The van der Waals surface area contributed by atoms with E-state index in [1.165, 1.54) is 6.07 Å². The Kier molecular flexibility index (Phi) is 7.16. The van der Waals surface area contributed by atoms with Crippen molar-refractivity contribution >= 4 is 52.8 Å². The Morgan fingerprint density at radius 3 is 2.53 bits per heavy atom. The molecular formula is C30H23BCl2F4N2O4. The number of fused-ring (bicyclic) bond motifs is 2. The predicted molar refractivity (Wildman–Crippen MR) is 155 cm³/mol. The summed E-state index contributed by atoms with van der Waals surface area (Å²) >= 11 is 11.6. The van der Waals surface area contributed by atoms with Crippen molar-refractivity contribution < 1.29 is 36.9 Å². The zero-order chi connectivity index (χ0) is 30.9. The van der Waals surface area contributed by atoms with Gasteiger partial charge in [-0.2, -0.15) is 13.2 Å². The molecule has 0 bridgehead atoms. The Morgan fingerprint density at radius 1 is 1.12 bits per heavy atom. The first-order valence-electron chi connectivity index (χ1n) is 13.3. The first kappa shape index (κ1) is 29.7. The molecule has 0 saturated carbocycles. The largest absolute Gasteiger partial charge is 0.492 e. The second-order valence-corrected chi connectivity index (χ2v) is 11.9. The number of benzene rings is 2. The van der Waals surface area contributed by atoms with Crippen molar-refractivity contribution in [3.8, 4) is 0 Å². The highest BCUT2D eigenvalue weighted by Gasteiger charge is 2.62. The van der Waals surface area contributed by atoms with E-state index in [0.717, 1.165) is 23.3 Å². The summed E-state index contributed by atoms with van der Waals surface area (Å²) in [4.78, 5) is 18.4. The van der Waals surface area contributed by atoms with Crippen LogP contribution in [0.2, 0.25) is 10.0 Å². The van der Waals surface area contributed by atoms with Gasteiger partial charge in [-0.25, -0.2) is 4.39 Å². The van der Waals surface area contributed by atoms with Crippen molar-refractivity contribution in [3.63, 3.8) is 0 Å². The number of ketones is 1. The molecule has 1 unspecified atom stereocenters. The van der Waals surface area contributed by atoms with Crippen LogP contribution in [0, 0.1) is 5.82 Å². The maximum absolute atomic E-state index is 14.5. The lowest BCUT2D eigenvalue weighted by molar-refractivity contribution is -0.275. The van der Waals surface area contributed by atoms with Gasteiger partial charge in [0, 0.05) is 23.7 Å². The van der Waals surface area contributed by atoms with Crippen molar-refractivity contribution in [3.05, 3.63) is 105 Å². The average Bonchev–Trinajstić information content (AvgIpc) is 3.66. The molecule has 0 radical (unpaired) electrons. The minimum Gasteiger partial charge on any atom is -0.423 e. The van der Waals surface area contributed by atoms with Gasteiger partial charge in [0.2, 0.25) is 0 Å². The monoisotopic (exact) mass is 632 g/mol. The molecule has 6 rings (SSSR count). The van der Waals surface area contributed by atoms with Crippen LogP contribution in [0.1, 0.15) is 59.4 Å². The van der Waals surface area contributed by atoms with Crippen LogP contribution in [-0.4, -0.2) is 34.2 Å². The van der Waals surface area contributed by atoms with E-state index in [1.807, 2.05) is 26.0 Å². The van der Waals surface area contributed by atoms with Gasteiger partial charge in [-0.15, -0.1) is 0 Å². The summed E-state index contributed by atoms with van der Waals surface area (Å²) in [6.45, 7) is 3.73. The number of nitrogens with zero attached hydrogens (tertiary/aromatic N) is 2. The lowest BCUT2D eigenvalue weighted by Crippen LogP contribution is -2.42. The number of hydrogen-bond donors (Lipinski definition) is 1. The van der Waals surface area contributed by atoms with Crippen molar-refractivity contribution in [2.75, 3.05) is 0 Å². The number of alkyl halides is 3. The Bertz CT molecular complexity index is 1800. The summed E-state index contributed by atoms with van der Waals surface area (Å²) in [5.74, 6) is -1.19. The topological polar surface area (TPSA) is 72.5 Å². The van der Waals surface area contributed by atoms with Gasteiger partial charge in [0.05, 0.1) is 33.3 Å². The standard InChI is InChI=1S/C30H23BCl2F4N2O4/c1-28(2)19-12-16(5-8-20(19)31(41)42-28)6-10-26(40)18-7-9-25(39-11-3-4-24(18)39)23-15-29(43-38-23,30(35,36)37)17-13-21(32)27(34)22(33)14-17/h3-5,7-9,11-14,41H,6,10,15H2,1-2H3. The minimum absolute atomic E-state index is 0.0285. The summed E-state index contributed by atoms with van der Waals surface area (Å²) < 4.78 is 64.7. The van der Waals surface area contributed by atoms with Crippen LogP contribution < -0.4 is 5.46 Å². The van der Waals surface area contributed by atoms with E-state index in [4.69, 9.17) is 32.7 Å². The number of carbonyl (C=O) groups excluding carboxylic acids is 1. The Morgan fingerprint density at radius 2 is 1.84 bits per heavy atom. The Labute approximate surface area is 253 Å². The van der Waals surface area contributed by atoms with Gasteiger partial charge in [-0.3, -0.25) is 4.79 Å². The van der Waals surface area contributed by atoms with Gasteiger partial charge in [0.15, 0.2) is 11.6 Å². The third-order valence-corrected chi connectivity index (χ3v) is 8.55. The van der Waals surface area contributed by atoms with Crippen molar-refractivity contribution in [2.24, 2.45) is 5.16 Å². The molecule has 0 fully saturated rings. The van der Waals surface area contributed by atoms with E-state index < -0.39 is 52.3 Å². The first-order chi connectivity index (χ1) is 20.2. The van der Waals surface area contributed by atoms with Crippen molar-refractivity contribution in [1.82, 2.24) is 4.40 Å². The van der Waals surface area contributed by atoms with Gasteiger partial charge in [0.25, 0.3) is 5.60 Å². The van der Waals surface area contributed by atoms with Gasteiger partial charge in [-0.1, -0.05) is 46.6 Å². The molecular weight excluding hydrogens is 610 g/mol.